The Morgan fingerprint density at radius 3 is 2.87 bits per heavy atom. The van der Waals surface area contributed by atoms with Crippen molar-refractivity contribution >= 4 is 5.97 Å². The molecule has 0 spiro atoms. The molecule has 3 heteroatoms. The van der Waals surface area contributed by atoms with Crippen LogP contribution in [0, 0.1) is 6.92 Å². The van der Waals surface area contributed by atoms with Gasteiger partial charge in [-0.3, -0.25) is 0 Å². The van der Waals surface area contributed by atoms with E-state index in [9.17, 15) is 4.79 Å². The maximum Gasteiger partial charge on any atom is 0.344 e. The lowest BCUT2D eigenvalue weighted by Gasteiger charge is -2.06. The van der Waals surface area contributed by atoms with Gasteiger partial charge in [-0.1, -0.05) is 30.8 Å². The van der Waals surface area contributed by atoms with E-state index < -0.39 is 5.97 Å². The molecule has 0 radical (unpaired) electrons. The van der Waals surface area contributed by atoms with Crippen LogP contribution >= 0.6 is 0 Å². The summed E-state index contributed by atoms with van der Waals surface area (Å²) >= 11 is 0. The van der Waals surface area contributed by atoms with E-state index >= 15 is 0 Å². The Bertz CT molecular complexity index is 344. The van der Waals surface area contributed by atoms with Gasteiger partial charge in [0.1, 0.15) is 6.61 Å². The number of rotatable bonds is 5. The first-order valence-corrected chi connectivity index (χ1v) is 4.66. The number of esters is 1. The third-order valence-corrected chi connectivity index (χ3v) is 1.97. The summed E-state index contributed by atoms with van der Waals surface area (Å²) in [6, 6.07) is 7.76. The van der Waals surface area contributed by atoms with Gasteiger partial charge < -0.3 is 9.47 Å². The Kier molecular flexibility index (Phi) is 4.41. The number of hydrogen-bond acceptors (Lipinski definition) is 3. The summed E-state index contributed by atoms with van der Waals surface area (Å²) in [5.74, 6) is -0.391. The Labute approximate surface area is 89.3 Å². The van der Waals surface area contributed by atoms with Crippen molar-refractivity contribution in [2.75, 3.05) is 6.61 Å². The van der Waals surface area contributed by atoms with Crippen LogP contribution in [0.5, 0.6) is 0 Å². The highest BCUT2D eigenvalue weighted by Gasteiger charge is 2.03. The van der Waals surface area contributed by atoms with Crippen LogP contribution < -0.4 is 0 Å². The molecular formula is C12H14O3. The Balaban J connectivity index is 2.40. The van der Waals surface area contributed by atoms with E-state index in [0.29, 0.717) is 0 Å². The summed E-state index contributed by atoms with van der Waals surface area (Å²) < 4.78 is 9.70. The monoisotopic (exact) mass is 206 g/mol. The molecule has 15 heavy (non-hydrogen) atoms. The van der Waals surface area contributed by atoms with Crippen LogP contribution in [0.25, 0.3) is 0 Å². The Morgan fingerprint density at radius 1 is 1.47 bits per heavy atom. The van der Waals surface area contributed by atoms with Gasteiger partial charge in [0, 0.05) is 0 Å². The molecule has 0 N–H and O–H groups in total. The summed E-state index contributed by atoms with van der Waals surface area (Å²) in [7, 11) is 0. The average Bonchev–Trinajstić information content (AvgIpc) is 2.25. The number of ether oxygens (including phenoxy) is 2. The highest BCUT2D eigenvalue weighted by Crippen LogP contribution is 2.08. The van der Waals surface area contributed by atoms with E-state index in [-0.39, 0.29) is 13.2 Å². The molecule has 0 heterocycles. The minimum atomic E-state index is -0.391. The van der Waals surface area contributed by atoms with Crippen molar-refractivity contribution in [2.45, 2.75) is 13.5 Å². The van der Waals surface area contributed by atoms with Gasteiger partial charge in [0.05, 0.1) is 6.26 Å². The SMILES string of the molecule is C=COCC(=O)OCc1ccccc1C. The quantitative estimate of drug-likeness (QED) is 0.547. The summed E-state index contributed by atoms with van der Waals surface area (Å²) in [6.45, 7) is 5.51. The minimum absolute atomic E-state index is 0.0879. The van der Waals surface area contributed by atoms with Gasteiger partial charge >= 0.3 is 5.97 Å². The molecule has 0 aliphatic heterocycles. The molecule has 0 aliphatic carbocycles. The van der Waals surface area contributed by atoms with E-state index in [4.69, 9.17) is 9.47 Å². The summed E-state index contributed by atoms with van der Waals surface area (Å²) in [5.41, 5.74) is 2.11. The predicted octanol–water partition coefficient (Wildman–Crippen LogP) is 2.20. The molecule has 3 nitrogen and oxygen atoms in total. The lowest BCUT2D eigenvalue weighted by atomic mass is 10.1. The van der Waals surface area contributed by atoms with Crippen LogP contribution in [-0.4, -0.2) is 12.6 Å². The van der Waals surface area contributed by atoms with E-state index in [1.807, 2.05) is 31.2 Å². The van der Waals surface area contributed by atoms with Gasteiger partial charge in [0.25, 0.3) is 0 Å². The fourth-order valence-electron chi connectivity index (χ4n) is 1.10. The fourth-order valence-corrected chi connectivity index (χ4v) is 1.10. The first-order valence-electron chi connectivity index (χ1n) is 4.66. The molecule has 1 rings (SSSR count). The summed E-state index contributed by atoms with van der Waals surface area (Å²) in [4.78, 5) is 11.1. The lowest BCUT2D eigenvalue weighted by Crippen LogP contribution is -2.10. The number of benzene rings is 1. The summed E-state index contributed by atoms with van der Waals surface area (Å²) in [5, 5.41) is 0. The second-order valence-electron chi connectivity index (χ2n) is 3.06. The first-order chi connectivity index (χ1) is 7.24. The molecule has 0 saturated carbocycles. The zero-order valence-electron chi connectivity index (χ0n) is 8.73. The molecule has 0 unspecified atom stereocenters. The van der Waals surface area contributed by atoms with Gasteiger partial charge in [-0.2, -0.15) is 0 Å². The molecule has 1 aromatic rings. The Morgan fingerprint density at radius 2 is 2.20 bits per heavy atom. The standard InChI is InChI=1S/C12H14O3/c1-3-14-9-12(13)15-8-11-7-5-4-6-10(11)2/h3-7H,1,8-9H2,2H3. The number of carbonyl (C=O) groups is 1. The molecule has 0 aromatic heterocycles. The third kappa shape index (κ3) is 3.85. The molecule has 0 atom stereocenters. The van der Waals surface area contributed by atoms with E-state index in [1.165, 1.54) is 6.26 Å². The van der Waals surface area contributed by atoms with Gasteiger partial charge in [-0.25, -0.2) is 4.79 Å². The molecule has 0 aliphatic rings. The highest BCUT2D eigenvalue weighted by atomic mass is 16.6. The van der Waals surface area contributed by atoms with Gasteiger partial charge in [-0.15, -0.1) is 0 Å². The number of aryl methyl sites for hydroxylation is 1. The largest absolute Gasteiger partial charge is 0.490 e. The zero-order chi connectivity index (χ0) is 11.1. The van der Waals surface area contributed by atoms with Crippen molar-refractivity contribution in [3.63, 3.8) is 0 Å². The second kappa shape index (κ2) is 5.86. The van der Waals surface area contributed by atoms with Crippen LogP contribution in [0.3, 0.4) is 0 Å². The predicted molar refractivity (Wildman–Crippen MR) is 57.1 cm³/mol. The third-order valence-electron chi connectivity index (χ3n) is 1.97. The normalized spacial score (nSPS) is 9.40. The van der Waals surface area contributed by atoms with E-state index in [1.54, 1.807) is 0 Å². The molecule has 0 fully saturated rings. The van der Waals surface area contributed by atoms with E-state index in [2.05, 4.69) is 6.58 Å². The first kappa shape index (κ1) is 11.3. The fraction of sp³-hybridized carbons (Fsp3) is 0.250. The van der Waals surface area contributed by atoms with Gasteiger partial charge in [0.2, 0.25) is 0 Å². The number of carbonyl (C=O) groups excluding carboxylic acids is 1. The topological polar surface area (TPSA) is 35.5 Å². The van der Waals surface area contributed by atoms with Crippen LogP contribution in [0.15, 0.2) is 37.1 Å². The van der Waals surface area contributed by atoms with E-state index in [0.717, 1.165) is 11.1 Å². The van der Waals surface area contributed by atoms with Crippen molar-refractivity contribution in [1.29, 1.82) is 0 Å². The van der Waals surface area contributed by atoms with Crippen LogP contribution in [0.4, 0.5) is 0 Å². The molecule has 1 aromatic carbocycles. The van der Waals surface area contributed by atoms with Crippen molar-refractivity contribution in [3.05, 3.63) is 48.2 Å². The zero-order valence-corrected chi connectivity index (χ0v) is 8.73. The second-order valence-corrected chi connectivity index (χ2v) is 3.06. The Hall–Kier alpha value is -1.77. The molecular weight excluding hydrogens is 192 g/mol. The van der Waals surface area contributed by atoms with Gasteiger partial charge in [-0.05, 0) is 18.1 Å². The maximum atomic E-state index is 11.1. The van der Waals surface area contributed by atoms with Crippen LogP contribution in [0.1, 0.15) is 11.1 Å². The van der Waals surface area contributed by atoms with Crippen LogP contribution in [-0.2, 0) is 20.9 Å². The highest BCUT2D eigenvalue weighted by molar-refractivity contribution is 5.70. The van der Waals surface area contributed by atoms with Gasteiger partial charge in [0.15, 0.2) is 6.61 Å². The molecule has 0 saturated heterocycles. The van der Waals surface area contributed by atoms with Crippen molar-refractivity contribution in [2.24, 2.45) is 0 Å². The summed E-state index contributed by atoms with van der Waals surface area (Å²) in [6.07, 6.45) is 1.22. The lowest BCUT2D eigenvalue weighted by molar-refractivity contribution is -0.148. The smallest absolute Gasteiger partial charge is 0.344 e. The maximum absolute atomic E-state index is 11.1. The van der Waals surface area contributed by atoms with Crippen molar-refractivity contribution in [3.8, 4) is 0 Å². The van der Waals surface area contributed by atoms with Crippen LogP contribution in [0.2, 0.25) is 0 Å². The minimum Gasteiger partial charge on any atom is -0.490 e. The number of hydrogen-bond donors (Lipinski definition) is 0. The molecule has 0 bridgehead atoms. The van der Waals surface area contributed by atoms with Crippen molar-refractivity contribution < 1.29 is 14.3 Å². The average molecular weight is 206 g/mol. The molecule has 80 valence electrons. The van der Waals surface area contributed by atoms with Crippen molar-refractivity contribution in [1.82, 2.24) is 0 Å². The molecule has 0 amide bonds.